The Morgan fingerprint density at radius 2 is 2.00 bits per heavy atom. The molecule has 0 saturated carbocycles. The van der Waals surface area contributed by atoms with Crippen LogP contribution in [-0.4, -0.2) is 51.1 Å². The van der Waals surface area contributed by atoms with Gasteiger partial charge in [-0.3, -0.25) is 0 Å². The summed E-state index contributed by atoms with van der Waals surface area (Å²) in [6.45, 7) is 0.319. The fraction of sp³-hybridized carbons (Fsp3) is 0.500. The van der Waals surface area contributed by atoms with Crippen LogP contribution in [0.25, 0.3) is 0 Å². The zero-order chi connectivity index (χ0) is 13.9. The zero-order valence-corrected chi connectivity index (χ0v) is 11.1. The van der Waals surface area contributed by atoms with Crippen LogP contribution in [0, 0.1) is 0 Å². The molecule has 0 aliphatic carbocycles. The summed E-state index contributed by atoms with van der Waals surface area (Å²) in [6, 6.07) is 8.82. The molecule has 6 heteroatoms. The van der Waals surface area contributed by atoms with Crippen molar-refractivity contribution < 1.29 is 28.5 Å². The summed E-state index contributed by atoms with van der Waals surface area (Å²) in [7, 11) is 1.54. The van der Waals surface area contributed by atoms with Crippen molar-refractivity contribution in [1.29, 1.82) is 0 Å². The monoisotopic (exact) mass is 280 g/mol. The molecule has 0 spiro atoms. The van der Waals surface area contributed by atoms with E-state index in [-0.39, 0.29) is 37.7 Å². The molecule has 0 radical (unpaired) electrons. The first kappa shape index (κ1) is 13.5. The molecule has 2 saturated heterocycles. The van der Waals surface area contributed by atoms with Crippen molar-refractivity contribution in [2.75, 3.05) is 20.5 Å². The number of rotatable bonds is 4. The van der Waals surface area contributed by atoms with E-state index in [9.17, 15) is 4.79 Å². The molecular weight excluding hydrogens is 264 g/mol. The maximum Gasteiger partial charge on any atom is 0.338 e. The van der Waals surface area contributed by atoms with Crippen molar-refractivity contribution in [3.63, 3.8) is 0 Å². The molecule has 0 bridgehead atoms. The van der Waals surface area contributed by atoms with Crippen LogP contribution >= 0.6 is 0 Å². The molecule has 2 heterocycles. The van der Waals surface area contributed by atoms with Crippen LogP contribution in [0.1, 0.15) is 10.4 Å². The van der Waals surface area contributed by atoms with E-state index < -0.39 is 6.29 Å². The summed E-state index contributed by atoms with van der Waals surface area (Å²) < 4.78 is 26.9. The van der Waals surface area contributed by atoms with Crippen molar-refractivity contribution >= 4 is 5.97 Å². The molecule has 2 aliphatic heterocycles. The first-order valence-corrected chi connectivity index (χ1v) is 6.43. The minimum absolute atomic E-state index is 0.109. The van der Waals surface area contributed by atoms with Gasteiger partial charge < -0.3 is 23.7 Å². The standard InChI is InChI=1S/C14H16O6/c1-16-14-12-11(18-8-19-12)10(20-14)7-17-13(15)9-5-3-2-4-6-9/h2-6,10-12,14H,7-8H2,1H3/t10-,11-,12-,14-/m1/s1. The molecule has 6 nitrogen and oxygen atoms in total. The molecule has 2 fully saturated rings. The van der Waals surface area contributed by atoms with Gasteiger partial charge in [0, 0.05) is 7.11 Å². The summed E-state index contributed by atoms with van der Waals surface area (Å²) in [4.78, 5) is 11.9. The van der Waals surface area contributed by atoms with Gasteiger partial charge in [0.1, 0.15) is 31.7 Å². The lowest BCUT2D eigenvalue weighted by Gasteiger charge is -2.16. The van der Waals surface area contributed by atoms with Crippen LogP contribution < -0.4 is 0 Å². The van der Waals surface area contributed by atoms with E-state index >= 15 is 0 Å². The molecule has 2 aliphatic rings. The Kier molecular flexibility index (Phi) is 3.98. The van der Waals surface area contributed by atoms with E-state index in [1.165, 1.54) is 0 Å². The molecule has 0 unspecified atom stereocenters. The number of esters is 1. The fourth-order valence-electron chi connectivity index (χ4n) is 2.40. The lowest BCUT2D eigenvalue weighted by Crippen LogP contribution is -2.33. The predicted molar refractivity (Wildman–Crippen MR) is 67.0 cm³/mol. The topological polar surface area (TPSA) is 63.2 Å². The van der Waals surface area contributed by atoms with Crippen LogP contribution in [-0.2, 0) is 23.7 Å². The Balaban J connectivity index is 1.57. The van der Waals surface area contributed by atoms with E-state index in [1.807, 2.05) is 6.07 Å². The number of methoxy groups -OCH3 is 1. The van der Waals surface area contributed by atoms with Crippen molar-refractivity contribution in [2.24, 2.45) is 0 Å². The van der Waals surface area contributed by atoms with Gasteiger partial charge in [-0.2, -0.15) is 0 Å². The number of fused-ring (bicyclic) bond motifs is 1. The Bertz CT molecular complexity index is 462. The summed E-state index contributed by atoms with van der Waals surface area (Å²) in [5.74, 6) is -0.384. The lowest BCUT2D eigenvalue weighted by atomic mass is 10.1. The Morgan fingerprint density at radius 1 is 1.25 bits per heavy atom. The molecule has 0 aromatic heterocycles. The highest BCUT2D eigenvalue weighted by Gasteiger charge is 2.50. The molecule has 4 atom stereocenters. The van der Waals surface area contributed by atoms with Gasteiger partial charge in [-0.15, -0.1) is 0 Å². The van der Waals surface area contributed by atoms with Gasteiger partial charge in [-0.1, -0.05) is 18.2 Å². The van der Waals surface area contributed by atoms with E-state index in [2.05, 4.69) is 0 Å². The number of benzene rings is 1. The SMILES string of the molecule is CO[C@@H]1O[C@H](COC(=O)c2ccccc2)[C@H]2OCO[C@@H]12. The Labute approximate surface area is 116 Å². The third kappa shape index (κ3) is 2.55. The van der Waals surface area contributed by atoms with E-state index in [4.69, 9.17) is 23.7 Å². The van der Waals surface area contributed by atoms with Gasteiger partial charge in [0.15, 0.2) is 6.29 Å². The van der Waals surface area contributed by atoms with Crippen LogP contribution in [0.3, 0.4) is 0 Å². The summed E-state index contributed by atoms with van der Waals surface area (Å²) in [6.07, 6.45) is -1.38. The van der Waals surface area contributed by atoms with Gasteiger partial charge in [-0.25, -0.2) is 4.79 Å². The average Bonchev–Trinajstić information content (AvgIpc) is 3.08. The van der Waals surface area contributed by atoms with Crippen LogP contribution in [0.5, 0.6) is 0 Å². The number of hydrogen-bond acceptors (Lipinski definition) is 6. The predicted octanol–water partition coefficient (Wildman–Crippen LogP) is 0.956. The maximum absolute atomic E-state index is 11.9. The van der Waals surface area contributed by atoms with E-state index in [0.29, 0.717) is 5.56 Å². The summed E-state index contributed by atoms with van der Waals surface area (Å²) in [5.41, 5.74) is 0.508. The van der Waals surface area contributed by atoms with Crippen LogP contribution in [0.15, 0.2) is 30.3 Å². The summed E-state index contributed by atoms with van der Waals surface area (Å²) in [5, 5.41) is 0. The molecule has 0 N–H and O–H groups in total. The first-order valence-electron chi connectivity index (χ1n) is 6.43. The first-order chi connectivity index (χ1) is 9.79. The second-order valence-electron chi connectivity index (χ2n) is 4.62. The minimum Gasteiger partial charge on any atom is -0.459 e. The highest BCUT2D eigenvalue weighted by atomic mass is 16.8. The molecule has 0 amide bonds. The lowest BCUT2D eigenvalue weighted by molar-refractivity contribution is -0.177. The maximum atomic E-state index is 11.9. The van der Waals surface area contributed by atoms with Crippen molar-refractivity contribution in [3.05, 3.63) is 35.9 Å². The molecule has 3 rings (SSSR count). The number of ether oxygens (including phenoxy) is 5. The summed E-state index contributed by atoms with van der Waals surface area (Å²) >= 11 is 0. The molecule has 1 aromatic rings. The largest absolute Gasteiger partial charge is 0.459 e. The van der Waals surface area contributed by atoms with Crippen molar-refractivity contribution in [2.45, 2.75) is 24.6 Å². The Morgan fingerprint density at radius 3 is 2.75 bits per heavy atom. The molecular formula is C14H16O6. The van der Waals surface area contributed by atoms with Gasteiger partial charge in [0.2, 0.25) is 0 Å². The number of carbonyl (C=O) groups excluding carboxylic acids is 1. The quantitative estimate of drug-likeness (QED) is 0.765. The molecule has 1 aromatic carbocycles. The minimum atomic E-state index is -0.483. The smallest absolute Gasteiger partial charge is 0.338 e. The second kappa shape index (κ2) is 5.88. The van der Waals surface area contributed by atoms with Gasteiger partial charge >= 0.3 is 5.97 Å². The zero-order valence-electron chi connectivity index (χ0n) is 11.1. The van der Waals surface area contributed by atoms with Crippen LogP contribution in [0.2, 0.25) is 0 Å². The molecule has 108 valence electrons. The second-order valence-corrected chi connectivity index (χ2v) is 4.62. The highest BCUT2D eigenvalue weighted by Crippen LogP contribution is 2.31. The van der Waals surface area contributed by atoms with Gasteiger partial charge in [0.25, 0.3) is 0 Å². The molecule has 20 heavy (non-hydrogen) atoms. The van der Waals surface area contributed by atoms with Gasteiger partial charge in [0.05, 0.1) is 5.56 Å². The third-order valence-corrected chi connectivity index (χ3v) is 3.41. The Hall–Kier alpha value is -1.47. The number of carbonyl (C=O) groups is 1. The average molecular weight is 280 g/mol. The fourth-order valence-corrected chi connectivity index (χ4v) is 2.40. The third-order valence-electron chi connectivity index (χ3n) is 3.41. The van der Waals surface area contributed by atoms with E-state index in [0.717, 1.165) is 0 Å². The number of hydrogen-bond donors (Lipinski definition) is 0. The van der Waals surface area contributed by atoms with Crippen molar-refractivity contribution in [3.8, 4) is 0 Å². The van der Waals surface area contributed by atoms with Crippen molar-refractivity contribution in [1.82, 2.24) is 0 Å². The van der Waals surface area contributed by atoms with Crippen LogP contribution in [0.4, 0.5) is 0 Å². The van der Waals surface area contributed by atoms with Gasteiger partial charge in [-0.05, 0) is 12.1 Å². The van der Waals surface area contributed by atoms with E-state index in [1.54, 1.807) is 31.4 Å². The normalized spacial score (nSPS) is 32.0. The highest BCUT2D eigenvalue weighted by molar-refractivity contribution is 5.89.